The van der Waals surface area contributed by atoms with Gasteiger partial charge < -0.3 is 4.57 Å². The number of benzene rings is 7. The SMILES string of the molecule is c1ccc(-c2nc(-c3cccc(-n4c5ccccc5c5ccccc54)c3)nc(-c3cccc4c3ccc3c5cccnc5ccc43)n2)cc1. The molecule has 0 saturated heterocycles. The molecule has 3 heterocycles. The molecule has 0 atom stereocenters. The van der Waals surface area contributed by atoms with E-state index in [1.54, 1.807) is 0 Å². The van der Waals surface area contributed by atoms with Crippen LogP contribution in [0.25, 0.3) is 94.1 Å². The third kappa shape index (κ3) is 4.40. The van der Waals surface area contributed by atoms with Gasteiger partial charge in [0.15, 0.2) is 17.5 Å². The molecule has 0 aliphatic heterocycles. The fourth-order valence-electron chi connectivity index (χ4n) is 7.26. The first-order valence-corrected chi connectivity index (χ1v) is 16.4. The van der Waals surface area contributed by atoms with Gasteiger partial charge in [-0.2, -0.15) is 0 Å². The maximum Gasteiger partial charge on any atom is 0.164 e. The Labute approximate surface area is 281 Å². The Bertz CT molecular complexity index is 2840. The lowest BCUT2D eigenvalue weighted by Crippen LogP contribution is -2.01. The van der Waals surface area contributed by atoms with Gasteiger partial charge in [-0.25, -0.2) is 15.0 Å². The highest BCUT2D eigenvalue weighted by Crippen LogP contribution is 2.37. The van der Waals surface area contributed by atoms with Crippen LogP contribution in [0.2, 0.25) is 0 Å². The summed E-state index contributed by atoms with van der Waals surface area (Å²) < 4.78 is 2.32. The molecule has 0 unspecified atom stereocenters. The molecule has 10 rings (SSSR count). The summed E-state index contributed by atoms with van der Waals surface area (Å²) in [5.74, 6) is 1.90. The first kappa shape index (κ1) is 27.4. The Hall–Kier alpha value is -6.72. The maximum atomic E-state index is 5.19. The largest absolute Gasteiger partial charge is 0.309 e. The Balaban J connectivity index is 1.19. The second-order valence-corrected chi connectivity index (χ2v) is 12.3. The predicted molar refractivity (Wildman–Crippen MR) is 201 cm³/mol. The fourth-order valence-corrected chi connectivity index (χ4v) is 7.26. The van der Waals surface area contributed by atoms with Crippen molar-refractivity contribution in [2.45, 2.75) is 0 Å². The Morgan fingerprint density at radius 3 is 1.76 bits per heavy atom. The molecule has 0 saturated carbocycles. The summed E-state index contributed by atoms with van der Waals surface area (Å²) in [6.07, 6.45) is 1.84. The van der Waals surface area contributed by atoms with Crippen LogP contribution in [0.1, 0.15) is 0 Å². The van der Waals surface area contributed by atoms with E-state index in [2.05, 4.69) is 131 Å². The maximum absolute atomic E-state index is 5.19. The van der Waals surface area contributed by atoms with E-state index in [1.165, 1.54) is 21.5 Å². The molecule has 3 aromatic heterocycles. The third-order valence-electron chi connectivity index (χ3n) is 9.49. The highest BCUT2D eigenvalue weighted by atomic mass is 15.0. The summed E-state index contributed by atoms with van der Waals surface area (Å²) in [5.41, 5.74) is 7.19. The lowest BCUT2D eigenvalue weighted by molar-refractivity contribution is 1.07. The predicted octanol–water partition coefficient (Wildman–Crippen LogP) is 10.8. The average Bonchev–Trinajstić information content (AvgIpc) is 3.52. The first-order chi connectivity index (χ1) is 24.3. The van der Waals surface area contributed by atoms with Gasteiger partial charge in [0, 0.05) is 44.7 Å². The van der Waals surface area contributed by atoms with E-state index in [1.807, 2.05) is 42.6 Å². The molecule has 0 N–H and O–H groups in total. The van der Waals surface area contributed by atoms with Gasteiger partial charge in [-0.05, 0) is 57.9 Å². The van der Waals surface area contributed by atoms with Crippen molar-refractivity contribution < 1.29 is 0 Å². The van der Waals surface area contributed by atoms with Crippen LogP contribution >= 0.6 is 0 Å². The molecule has 0 fully saturated rings. The van der Waals surface area contributed by atoms with Crippen LogP contribution in [0.4, 0.5) is 0 Å². The molecular weight excluding hydrogens is 599 g/mol. The number of nitrogens with zero attached hydrogens (tertiary/aromatic N) is 5. The van der Waals surface area contributed by atoms with Gasteiger partial charge in [-0.15, -0.1) is 0 Å². The summed E-state index contributed by atoms with van der Waals surface area (Å²) in [5, 5.41) is 8.19. The van der Waals surface area contributed by atoms with Gasteiger partial charge in [0.1, 0.15) is 0 Å². The van der Waals surface area contributed by atoms with Crippen molar-refractivity contribution in [3.05, 3.63) is 164 Å². The molecule has 228 valence electrons. The quantitative estimate of drug-likeness (QED) is 0.183. The number of hydrogen-bond acceptors (Lipinski definition) is 4. The van der Waals surface area contributed by atoms with Crippen molar-refractivity contribution in [2.75, 3.05) is 0 Å². The topological polar surface area (TPSA) is 56.5 Å². The molecule has 10 aromatic rings. The average molecular weight is 626 g/mol. The Morgan fingerprint density at radius 2 is 0.939 bits per heavy atom. The minimum absolute atomic E-state index is 0.626. The zero-order valence-electron chi connectivity index (χ0n) is 26.3. The smallest absolute Gasteiger partial charge is 0.164 e. The Morgan fingerprint density at radius 1 is 0.367 bits per heavy atom. The summed E-state index contributed by atoms with van der Waals surface area (Å²) in [6.45, 7) is 0. The minimum atomic E-state index is 0.626. The van der Waals surface area contributed by atoms with Crippen LogP contribution in [0.15, 0.2) is 164 Å². The number of fused-ring (bicyclic) bond motifs is 8. The molecule has 5 heteroatoms. The monoisotopic (exact) mass is 625 g/mol. The number of hydrogen-bond donors (Lipinski definition) is 0. The molecule has 0 radical (unpaired) electrons. The van der Waals surface area contributed by atoms with Crippen molar-refractivity contribution in [3.8, 4) is 39.9 Å². The van der Waals surface area contributed by atoms with E-state index in [-0.39, 0.29) is 0 Å². The van der Waals surface area contributed by atoms with E-state index >= 15 is 0 Å². The molecule has 0 bridgehead atoms. The molecule has 7 aromatic carbocycles. The fraction of sp³-hybridized carbons (Fsp3) is 0. The van der Waals surface area contributed by atoms with Crippen molar-refractivity contribution in [3.63, 3.8) is 0 Å². The molecule has 0 aliphatic carbocycles. The zero-order chi connectivity index (χ0) is 32.3. The van der Waals surface area contributed by atoms with Crippen LogP contribution in [0, 0.1) is 0 Å². The molecule has 0 spiro atoms. The zero-order valence-corrected chi connectivity index (χ0v) is 26.3. The molecule has 0 amide bonds. The van der Waals surface area contributed by atoms with Crippen molar-refractivity contribution in [1.82, 2.24) is 24.5 Å². The van der Waals surface area contributed by atoms with Crippen molar-refractivity contribution in [1.29, 1.82) is 0 Å². The third-order valence-corrected chi connectivity index (χ3v) is 9.49. The van der Waals surface area contributed by atoms with Crippen LogP contribution in [-0.4, -0.2) is 24.5 Å². The first-order valence-electron chi connectivity index (χ1n) is 16.4. The minimum Gasteiger partial charge on any atom is -0.309 e. The summed E-state index contributed by atoms with van der Waals surface area (Å²) >= 11 is 0. The number of para-hydroxylation sites is 2. The molecular formula is C44H27N5. The van der Waals surface area contributed by atoms with Crippen molar-refractivity contribution >= 4 is 54.3 Å². The summed E-state index contributed by atoms with van der Waals surface area (Å²) in [7, 11) is 0. The lowest BCUT2D eigenvalue weighted by atomic mass is 9.96. The van der Waals surface area contributed by atoms with Crippen LogP contribution in [0.3, 0.4) is 0 Å². The van der Waals surface area contributed by atoms with Gasteiger partial charge in [0.05, 0.1) is 16.6 Å². The Kier molecular flexibility index (Phi) is 6.11. The van der Waals surface area contributed by atoms with Crippen LogP contribution < -0.4 is 0 Å². The van der Waals surface area contributed by atoms with Crippen LogP contribution in [0.5, 0.6) is 0 Å². The second kappa shape index (κ2) is 10.9. The second-order valence-electron chi connectivity index (χ2n) is 12.3. The molecule has 0 aliphatic rings. The number of pyridine rings is 1. The summed E-state index contributed by atoms with van der Waals surface area (Å²) in [4.78, 5) is 19.9. The highest BCUT2D eigenvalue weighted by Gasteiger charge is 2.17. The summed E-state index contributed by atoms with van der Waals surface area (Å²) in [6, 6.07) is 55.0. The number of aromatic nitrogens is 5. The van der Waals surface area contributed by atoms with E-state index in [0.29, 0.717) is 17.5 Å². The van der Waals surface area contributed by atoms with Gasteiger partial charge in [0.25, 0.3) is 0 Å². The van der Waals surface area contributed by atoms with E-state index in [4.69, 9.17) is 15.0 Å². The van der Waals surface area contributed by atoms with E-state index < -0.39 is 0 Å². The van der Waals surface area contributed by atoms with E-state index in [0.717, 1.165) is 55.1 Å². The molecule has 5 nitrogen and oxygen atoms in total. The standard InChI is InChI=1S/C44H27N5/c1-2-11-28(12-3-1)42-46-43(29-13-8-14-30(27-29)49-40-20-6-4-15-36(40)37-16-5-7-21-41(37)49)48-44(47-42)38-18-9-17-31-32-24-25-39-35(19-10-26-45-39)33(32)22-23-34(31)38/h1-27H. The molecule has 49 heavy (non-hydrogen) atoms. The lowest BCUT2D eigenvalue weighted by Gasteiger charge is -2.13. The normalized spacial score (nSPS) is 11.7. The van der Waals surface area contributed by atoms with E-state index in [9.17, 15) is 0 Å². The van der Waals surface area contributed by atoms with Gasteiger partial charge in [-0.1, -0.05) is 121 Å². The van der Waals surface area contributed by atoms with Crippen molar-refractivity contribution in [2.24, 2.45) is 0 Å². The van der Waals surface area contributed by atoms with Gasteiger partial charge >= 0.3 is 0 Å². The van der Waals surface area contributed by atoms with Crippen LogP contribution in [-0.2, 0) is 0 Å². The number of rotatable bonds is 4. The van der Waals surface area contributed by atoms with Gasteiger partial charge in [0.2, 0.25) is 0 Å². The van der Waals surface area contributed by atoms with Gasteiger partial charge in [-0.3, -0.25) is 4.98 Å². The highest BCUT2D eigenvalue weighted by molar-refractivity contribution is 6.18.